The Bertz CT molecular complexity index is 3880. The number of fused-ring (bicyclic) bond motifs is 1. The third-order valence-electron chi connectivity index (χ3n) is 13.7. The molecule has 1 aromatic carbocycles. The van der Waals surface area contributed by atoms with E-state index >= 15 is 0 Å². The van der Waals surface area contributed by atoms with E-state index in [-0.39, 0.29) is 11.9 Å². The van der Waals surface area contributed by atoms with Gasteiger partial charge in [-0.1, -0.05) is 76.6 Å². The molecule has 11 heterocycles. The molecule has 0 aliphatic carbocycles. The van der Waals surface area contributed by atoms with Gasteiger partial charge >= 0.3 is 11.9 Å². The molecule has 12 aromatic rings. The molecule has 0 saturated carbocycles. The standard InChI is InChI=1S/C64H54N4O4S9/c1-5-7-9-11-17-57(69)71-45-31-37(3)73-63(45)55-33-43(39-15-13-29-65-35-39)61(79-55)53-27-25-51(77-53)49-23-21-47(75-49)41-19-20-42(60-59(41)67-81-68-60)48-22-24-50(76-48)52-26-28-54(78-52)62-44(40-16-14-30-66-36-40)34-56(80-62)64-46(32-38(4)74-64)72-58(70)18-12-10-8-6-2/h13-16,19-36H,5-12,17-18H2,1-4H3. The van der Waals surface area contributed by atoms with Crippen LogP contribution in [0, 0.1) is 13.8 Å². The topological polar surface area (TPSA) is 104 Å². The van der Waals surface area contributed by atoms with Crippen molar-refractivity contribution >= 4 is 125 Å². The van der Waals surface area contributed by atoms with Crippen LogP contribution in [-0.4, -0.2) is 30.7 Å². The molecule has 0 aliphatic rings. The first kappa shape index (κ1) is 55.4. The van der Waals surface area contributed by atoms with Crippen molar-refractivity contribution in [3.8, 4) is 113 Å². The molecule has 0 amide bonds. The van der Waals surface area contributed by atoms with Gasteiger partial charge in [0.25, 0.3) is 0 Å². The summed E-state index contributed by atoms with van der Waals surface area (Å²) < 4.78 is 21.9. The highest BCUT2D eigenvalue weighted by Crippen LogP contribution is 2.53. The van der Waals surface area contributed by atoms with E-state index in [1.54, 1.807) is 103 Å². The minimum absolute atomic E-state index is 0.173. The second-order valence-electron chi connectivity index (χ2n) is 19.6. The van der Waals surface area contributed by atoms with Crippen LogP contribution in [0.25, 0.3) is 113 Å². The van der Waals surface area contributed by atoms with Crippen LogP contribution in [0.4, 0.5) is 0 Å². The van der Waals surface area contributed by atoms with E-state index in [4.69, 9.17) is 18.2 Å². The van der Waals surface area contributed by atoms with Crippen LogP contribution in [-0.2, 0) is 9.59 Å². The first-order valence-electron chi connectivity index (χ1n) is 27.1. The Balaban J connectivity index is 0.788. The number of nitrogens with zero attached hydrogens (tertiary/aromatic N) is 4. The summed E-state index contributed by atoms with van der Waals surface area (Å²) in [5.41, 5.74) is 8.28. The van der Waals surface area contributed by atoms with Crippen molar-refractivity contribution in [3.05, 3.63) is 144 Å². The Labute approximate surface area is 507 Å². The van der Waals surface area contributed by atoms with Crippen LogP contribution in [0.15, 0.2) is 134 Å². The summed E-state index contributed by atoms with van der Waals surface area (Å²) in [6.07, 6.45) is 16.6. The number of hydrogen-bond donors (Lipinski definition) is 0. The Morgan fingerprint density at radius 1 is 0.407 bits per heavy atom. The van der Waals surface area contributed by atoms with Crippen molar-refractivity contribution in [1.29, 1.82) is 0 Å². The highest BCUT2D eigenvalue weighted by Gasteiger charge is 2.25. The largest absolute Gasteiger partial charge is 0.425 e. The van der Waals surface area contributed by atoms with Gasteiger partial charge in [0.2, 0.25) is 0 Å². The number of rotatable bonds is 22. The van der Waals surface area contributed by atoms with Crippen LogP contribution in [0.5, 0.6) is 11.5 Å². The maximum absolute atomic E-state index is 13.0. The lowest BCUT2D eigenvalue weighted by molar-refractivity contribution is -0.135. The molecule has 0 spiro atoms. The van der Waals surface area contributed by atoms with Gasteiger partial charge in [-0.3, -0.25) is 19.6 Å². The lowest BCUT2D eigenvalue weighted by Crippen LogP contribution is -2.07. The van der Waals surface area contributed by atoms with E-state index < -0.39 is 0 Å². The number of benzene rings is 1. The number of pyridine rings is 2. The van der Waals surface area contributed by atoms with Crippen molar-refractivity contribution in [1.82, 2.24) is 18.7 Å². The van der Waals surface area contributed by atoms with Crippen molar-refractivity contribution in [2.45, 2.75) is 91.9 Å². The third-order valence-corrected chi connectivity index (χ3v) is 24.1. The SMILES string of the molecule is CCCCCCC(=O)Oc1cc(C)sc1-c1cc(-c2cccnc2)c(-c2ccc(-c3ccc(-c4ccc(-c5ccc(-c6ccc(-c7sc(-c8sc(C)cc8OC(=O)CCCCCC)cc7-c7cccnc7)s6)s5)c5nsnc45)s3)s2)s1. The monoisotopic (exact) mass is 1230 g/mol. The smallest absolute Gasteiger partial charge is 0.311 e. The fourth-order valence-electron chi connectivity index (χ4n) is 9.74. The predicted octanol–water partition coefficient (Wildman–Crippen LogP) is 22.0. The number of esters is 2. The van der Waals surface area contributed by atoms with Crippen LogP contribution >= 0.6 is 102 Å². The van der Waals surface area contributed by atoms with Crippen LogP contribution < -0.4 is 9.47 Å². The molecular weight excluding hydrogens is 1180 g/mol. The molecule has 0 atom stereocenters. The van der Waals surface area contributed by atoms with Crippen molar-refractivity contribution < 1.29 is 19.1 Å². The second kappa shape index (κ2) is 25.2. The number of thiophene rings is 8. The molecule has 12 rings (SSSR count). The van der Waals surface area contributed by atoms with Gasteiger partial charge in [0.05, 0.1) is 31.2 Å². The second-order valence-corrected chi connectivity index (χ2v) is 29.1. The molecule has 408 valence electrons. The Morgan fingerprint density at radius 2 is 0.815 bits per heavy atom. The summed E-state index contributed by atoms with van der Waals surface area (Å²) in [4.78, 5) is 53.0. The summed E-state index contributed by atoms with van der Waals surface area (Å²) in [5.74, 6) is 0.938. The van der Waals surface area contributed by atoms with Gasteiger partial charge in [-0.25, -0.2) is 0 Å². The van der Waals surface area contributed by atoms with E-state index in [0.29, 0.717) is 24.3 Å². The van der Waals surface area contributed by atoms with Crippen molar-refractivity contribution in [2.24, 2.45) is 0 Å². The molecule has 0 fully saturated rings. The average Bonchev–Trinajstić information content (AvgIpc) is 4.45. The zero-order valence-electron chi connectivity index (χ0n) is 44.9. The van der Waals surface area contributed by atoms with E-state index in [9.17, 15) is 9.59 Å². The first-order valence-corrected chi connectivity index (χ1v) is 34.3. The molecule has 17 heteroatoms. The molecular formula is C64H54N4O4S9. The number of carbonyl (C=O) groups excluding carboxylic acids is 2. The minimum atomic E-state index is -0.173. The van der Waals surface area contributed by atoms with Gasteiger partial charge in [-0.15, -0.1) is 90.7 Å². The van der Waals surface area contributed by atoms with Gasteiger partial charge in [0.1, 0.15) is 11.0 Å². The number of hydrogen-bond acceptors (Lipinski definition) is 17. The normalized spacial score (nSPS) is 11.6. The Morgan fingerprint density at radius 3 is 1.22 bits per heavy atom. The summed E-state index contributed by atoms with van der Waals surface area (Å²) in [6.45, 7) is 8.49. The molecule has 8 nitrogen and oxygen atoms in total. The van der Waals surface area contributed by atoms with Crippen LogP contribution in [0.1, 0.15) is 87.8 Å². The van der Waals surface area contributed by atoms with Gasteiger partial charge in [0.15, 0.2) is 11.5 Å². The fourth-order valence-corrected chi connectivity index (χ4v) is 19.3. The maximum atomic E-state index is 13.0. The van der Waals surface area contributed by atoms with Gasteiger partial charge < -0.3 is 9.47 Å². The number of ether oxygens (including phenoxy) is 2. The summed E-state index contributed by atoms with van der Waals surface area (Å²) in [7, 11) is 0. The van der Waals surface area contributed by atoms with Crippen LogP contribution in [0.2, 0.25) is 0 Å². The number of aryl methyl sites for hydroxylation is 2. The summed E-state index contributed by atoms with van der Waals surface area (Å²) in [5, 5.41) is 0. The molecule has 0 aliphatic heterocycles. The van der Waals surface area contributed by atoms with E-state index in [0.717, 1.165) is 145 Å². The van der Waals surface area contributed by atoms with Gasteiger partial charge in [0, 0.05) is 130 Å². The van der Waals surface area contributed by atoms with E-state index in [2.05, 4.69) is 123 Å². The number of unbranched alkanes of at least 4 members (excludes halogenated alkanes) is 6. The molecule has 0 bridgehead atoms. The number of carbonyl (C=O) groups is 2. The molecule has 0 saturated heterocycles. The summed E-state index contributed by atoms with van der Waals surface area (Å²) in [6, 6.07) is 38.8. The maximum Gasteiger partial charge on any atom is 0.311 e. The number of aromatic nitrogens is 4. The van der Waals surface area contributed by atoms with E-state index in [1.165, 1.54) is 41.0 Å². The highest BCUT2D eigenvalue weighted by atomic mass is 32.1. The zero-order valence-corrected chi connectivity index (χ0v) is 52.2. The predicted molar refractivity (Wildman–Crippen MR) is 349 cm³/mol. The fraction of sp³-hybridized carbons (Fsp3) is 0.219. The summed E-state index contributed by atoms with van der Waals surface area (Å²) >= 11 is 15.2. The Kier molecular flexibility index (Phi) is 17.2. The minimum Gasteiger partial charge on any atom is -0.425 e. The lowest BCUT2D eigenvalue weighted by Gasteiger charge is -2.04. The lowest BCUT2D eigenvalue weighted by atomic mass is 10.1. The highest BCUT2D eigenvalue weighted by molar-refractivity contribution is 7.30. The van der Waals surface area contributed by atoms with Crippen molar-refractivity contribution in [2.75, 3.05) is 0 Å². The average molecular weight is 1230 g/mol. The van der Waals surface area contributed by atoms with Gasteiger partial charge in [-0.2, -0.15) is 8.75 Å². The third kappa shape index (κ3) is 12.2. The molecule has 0 unspecified atom stereocenters. The Hall–Kier alpha value is -6.12. The van der Waals surface area contributed by atoms with Crippen LogP contribution in [0.3, 0.4) is 0 Å². The van der Waals surface area contributed by atoms with Crippen molar-refractivity contribution in [3.63, 3.8) is 0 Å². The zero-order chi connectivity index (χ0) is 55.4. The van der Waals surface area contributed by atoms with E-state index in [1.807, 2.05) is 36.7 Å². The molecule has 0 N–H and O–H groups in total. The molecule has 81 heavy (non-hydrogen) atoms. The quantitative estimate of drug-likeness (QED) is 0.0488. The van der Waals surface area contributed by atoms with Gasteiger partial charge in [-0.05, 0) is 112 Å². The molecule has 11 aromatic heterocycles. The first-order chi connectivity index (χ1) is 39.7. The molecule has 0 radical (unpaired) electrons.